The minimum atomic E-state index is -0.802. The molecule has 2 aromatic rings. The van der Waals surface area contributed by atoms with Gasteiger partial charge in [-0.25, -0.2) is 15.0 Å². The second-order valence-electron chi connectivity index (χ2n) is 4.24. The maximum Gasteiger partial charge on any atom is 0.167 e. The lowest BCUT2D eigenvalue weighted by Gasteiger charge is -2.17. The van der Waals surface area contributed by atoms with Gasteiger partial charge in [0.15, 0.2) is 17.7 Å². The Hall–Kier alpha value is -1.77. The molecule has 8 nitrogen and oxygen atoms in total. The molecule has 1 aliphatic heterocycles. The van der Waals surface area contributed by atoms with Crippen LogP contribution in [0.1, 0.15) is 6.23 Å². The first kappa shape index (κ1) is 11.3. The summed E-state index contributed by atoms with van der Waals surface area (Å²) in [5.41, 5.74) is 6.66. The lowest BCUT2D eigenvalue weighted by atomic mass is 10.1. The van der Waals surface area contributed by atoms with Crippen molar-refractivity contribution in [2.24, 2.45) is 5.92 Å². The smallest absolute Gasteiger partial charge is 0.167 e. The number of ether oxygens (including phenoxy) is 1. The van der Waals surface area contributed by atoms with Gasteiger partial charge in [-0.3, -0.25) is 4.57 Å². The Balaban J connectivity index is 2.03. The highest BCUT2D eigenvalue weighted by Gasteiger charge is 2.37. The van der Waals surface area contributed by atoms with Crippen molar-refractivity contribution in [3.05, 3.63) is 12.7 Å². The lowest BCUT2D eigenvalue weighted by Crippen LogP contribution is -2.26. The van der Waals surface area contributed by atoms with Gasteiger partial charge in [-0.1, -0.05) is 0 Å². The molecule has 0 amide bonds. The van der Waals surface area contributed by atoms with Gasteiger partial charge in [0.25, 0.3) is 0 Å². The maximum atomic E-state index is 10.0. The van der Waals surface area contributed by atoms with E-state index >= 15 is 0 Å². The molecule has 0 aliphatic carbocycles. The topological polar surface area (TPSA) is 119 Å². The number of nitrogens with zero attached hydrogens (tertiary/aromatic N) is 4. The molecule has 1 fully saturated rings. The molecule has 3 heterocycles. The van der Waals surface area contributed by atoms with E-state index in [1.807, 2.05) is 0 Å². The molecule has 0 bridgehead atoms. The van der Waals surface area contributed by atoms with Crippen LogP contribution in [-0.4, -0.2) is 49.0 Å². The average Bonchev–Trinajstić information content (AvgIpc) is 2.93. The molecule has 0 saturated carbocycles. The van der Waals surface area contributed by atoms with Crippen LogP contribution in [0.5, 0.6) is 0 Å². The van der Waals surface area contributed by atoms with Gasteiger partial charge in [0.2, 0.25) is 0 Å². The quantitative estimate of drug-likeness (QED) is 0.620. The zero-order valence-electron chi connectivity index (χ0n) is 9.47. The number of nitrogen functional groups attached to an aromatic ring is 1. The third kappa shape index (κ3) is 1.54. The molecular formula is C10H13N5O3. The molecule has 18 heavy (non-hydrogen) atoms. The summed E-state index contributed by atoms with van der Waals surface area (Å²) < 4.78 is 7.08. The van der Waals surface area contributed by atoms with E-state index in [2.05, 4.69) is 15.0 Å². The summed E-state index contributed by atoms with van der Waals surface area (Å²) >= 11 is 0. The van der Waals surface area contributed by atoms with Gasteiger partial charge in [-0.05, 0) is 0 Å². The van der Waals surface area contributed by atoms with Crippen LogP contribution in [0.4, 0.5) is 5.82 Å². The molecule has 0 radical (unpaired) electrons. The van der Waals surface area contributed by atoms with E-state index < -0.39 is 12.3 Å². The van der Waals surface area contributed by atoms with Crippen LogP contribution in [0.2, 0.25) is 0 Å². The highest BCUT2D eigenvalue weighted by Crippen LogP contribution is 2.30. The van der Waals surface area contributed by atoms with Crippen molar-refractivity contribution in [1.82, 2.24) is 19.5 Å². The van der Waals surface area contributed by atoms with Gasteiger partial charge in [0.05, 0.1) is 19.5 Å². The Morgan fingerprint density at radius 1 is 1.44 bits per heavy atom. The standard InChI is InChI=1S/C10H13N5O3/c11-8-6-9(13-3-12-8)15(4-14-6)10-7(17)5(1-16)2-18-10/h3-5,7,10,16-17H,1-2H2,(H2,11,12,13). The Morgan fingerprint density at radius 2 is 2.28 bits per heavy atom. The largest absolute Gasteiger partial charge is 0.396 e. The van der Waals surface area contributed by atoms with E-state index in [1.165, 1.54) is 12.7 Å². The van der Waals surface area contributed by atoms with Crippen molar-refractivity contribution >= 4 is 17.0 Å². The number of aromatic nitrogens is 4. The number of imidazole rings is 1. The predicted molar refractivity (Wildman–Crippen MR) is 61.3 cm³/mol. The number of hydrogen-bond acceptors (Lipinski definition) is 7. The predicted octanol–water partition coefficient (Wildman–Crippen LogP) is -1.09. The molecule has 2 aromatic heterocycles. The van der Waals surface area contributed by atoms with Gasteiger partial charge in [-0.2, -0.15) is 0 Å². The fourth-order valence-electron chi connectivity index (χ4n) is 2.11. The van der Waals surface area contributed by atoms with Crippen molar-refractivity contribution in [2.45, 2.75) is 12.3 Å². The average molecular weight is 251 g/mol. The van der Waals surface area contributed by atoms with Crippen LogP contribution in [0, 0.1) is 5.92 Å². The highest BCUT2D eigenvalue weighted by molar-refractivity contribution is 5.81. The van der Waals surface area contributed by atoms with Gasteiger partial charge in [0.1, 0.15) is 17.9 Å². The third-order valence-electron chi connectivity index (χ3n) is 3.15. The van der Waals surface area contributed by atoms with Gasteiger partial charge >= 0.3 is 0 Å². The molecule has 3 rings (SSSR count). The van der Waals surface area contributed by atoms with E-state index in [-0.39, 0.29) is 18.3 Å². The van der Waals surface area contributed by atoms with Crippen LogP contribution in [0.15, 0.2) is 12.7 Å². The van der Waals surface area contributed by atoms with Crippen LogP contribution < -0.4 is 5.73 Å². The van der Waals surface area contributed by atoms with Crippen LogP contribution in [-0.2, 0) is 4.74 Å². The number of fused-ring (bicyclic) bond motifs is 1. The summed E-state index contributed by atoms with van der Waals surface area (Å²) in [6.07, 6.45) is 1.43. The summed E-state index contributed by atoms with van der Waals surface area (Å²) in [6.45, 7) is 0.171. The fraction of sp³-hybridized carbons (Fsp3) is 0.500. The molecular weight excluding hydrogens is 238 g/mol. The number of anilines is 1. The Morgan fingerprint density at radius 3 is 3.00 bits per heavy atom. The molecule has 3 unspecified atom stereocenters. The number of hydrogen-bond donors (Lipinski definition) is 3. The summed E-state index contributed by atoms with van der Waals surface area (Å²) in [6, 6.07) is 0. The second kappa shape index (κ2) is 4.16. The summed E-state index contributed by atoms with van der Waals surface area (Å²) in [7, 11) is 0. The van der Waals surface area contributed by atoms with Crippen molar-refractivity contribution in [3.63, 3.8) is 0 Å². The first-order chi connectivity index (χ1) is 8.72. The molecule has 1 aliphatic rings. The maximum absolute atomic E-state index is 10.0. The molecule has 0 aromatic carbocycles. The van der Waals surface area contributed by atoms with E-state index in [4.69, 9.17) is 15.6 Å². The van der Waals surface area contributed by atoms with E-state index in [0.29, 0.717) is 17.8 Å². The number of aliphatic hydroxyl groups excluding tert-OH is 2. The summed E-state index contributed by atoms with van der Waals surface area (Å²) in [5, 5.41) is 19.1. The number of aliphatic hydroxyl groups is 2. The van der Waals surface area contributed by atoms with E-state index in [1.54, 1.807) is 4.57 Å². The van der Waals surface area contributed by atoms with Gasteiger partial charge in [-0.15, -0.1) is 0 Å². The third-order valence-corrected chi connectivity index (χ3v) is 3.15. The van der Waals surface area contributed by atoms with Crippen LogP contribution >= 0.6 is 0 Å². The molecule has 8 heteroatoms. The van der Waals surface area contributed by atoms with Crippen molar-refractivity contribution in [3.8, 4) is 0 Å². The molecule has 4 N–H and O–H groups in total. The number of rotatable bonds is 2. The van der Waals surface area contributed by atoms with E-state index in [9.17, 15) is 5.11 Å². The minimum Gasteiger partial charge on any atom is -0.396 e. The van der Waals surface area contributed by atoms with Crippen molar-refractivity contribution < 1.29 is 14.9 Å². The molecule has 0 spiro atoms. The number of nitrogens with two attached hydrogens (primary N) is 1. The van der Waals surface area contributed by atoms with Gasteiger partial charge in [0, 0.05) is 5.92 Å². The summed E-state index contributed by atoms with van der Waals surface area (Å²) in [5.74, 6) is -0.0171. The van der Waals surface area contributed by atoms with Crippen molar-refractivity contribution in [2.75, 3.05) is 18.9 Å². The Labute approximate surface area is 102 Å². The fourth-order valence-corrected chi connectivity index (χ4v) is 2.11. The molecule has 96 valence electrons. The molecule has 1 saturated heterocycles. The highest BCUT2D eigenvalue weighted by atomic mass is 16.5. The first-order valence-corrected chi connectivity index (χ1v) is 5.56. The monoisotopic (exact) mass is 251 g/mol. The second-order valence-corrected chi connectivity index (χ2v) is 4.24. The van der Waals surface area contributed by atoms with Gasteiger partial charge < -0.3 is 20.7 Å². The normalized spacial score (nSPS) is 28.0. The minimum absolute atomic E-state index is 0.124. The Kier molecular flexibility index (Phi) is 2.62. The lowest BCUT2D eigenvalue weighted by molar-refractivity contribution is -0.0108. The van der Waals surface area contributed by atoms with Crippen LogP contribution in [0.3, 0.4) is 0 Å². The molecule has 3 atom stereocenters. The Bertz CT molecular complexity index is 572. The van der Waals surface area contributed by atoms with Crippen LogP contribution in [0.25, 0.3) is 11.2 Å². The SMILES string of the molecule is Nc1ncnc2c1ncn2C1OCC(CO)C1O. The zero-order valence-corrected chi connectivity index (χ0v) is 9.47. The summed E-state index contributed by atoms with van der Waals surface area (Å²) in [4.78, 5) is 12.0. The first-order valence-electron chi connectivity index (χ1n) is 5.56. The van der Waals surface area contributed by atoms with E-state index in [0.717, 1.165) is 0 Å². The zero-order chi connectivity index (χ0) is 12.7. The van der Waals surface area contributed by atoms with Crippen molar-refractivity contribution in [1.29, 1.82) is 0 Å².